The van der Waals surface area contributed by atoms with Crippen LogP contribution in [0.2, 0.25) is 5.02 Å². The quantitative estimate of drug-likeness (QED) is 0.468. The number of hydrogen-bond acceptors (Lipinski definition) is 4. The van der Waals surface area contributed by atoms with Gasteiger partial charge in [-0.2, -0.15) is 0 Å². The number of methoxy groups -OCH3 is 1. The van der Waals surface area contributed by atoms with Gasteiger partial charge in [-0.1, -0.05) is 29.8 Å². The molecular formula is C26H33ClN2O3. The fraction of sp³-hybridized carbons (Fsp3) is 0.423. The Morgan fingerprint density at radius 1 is 1.34 bits per heavy atom. The Balaban J connectivity index is 1.68. The van der Waals surface area contributed by atoms with Gasteiger partial charge in [-0.25, -0.2) is 0 Å². The molecule has 6 heteroatoms. The van der Waals surface area contributed by atoms with Gasteiger partial charge in [-0.15, -0.1) is 6.58 Å². The first-order valence-electron chi connectivity index (χ1n) is 11.2. The zero-order valence-electron chi connectivity index (χ0n) is 18.8. The van der Waals surface area contributed by atoms with Crippen molar-refractivity contribution in [1.29, 1.82) is 0 Å². The van der Waals surface area contributed by atoms with E-state index in [1.165, 1.54) is 5.56 Å². The zero-order valence-corrected chi connectivity index (χ0v) is 19.5. The summed E-state index contributed by atoms with van der Waals surface area (Å²) in [6, 6.07) is 13.5. The number of amides is 1. The predicted octanol–water partition coefficient (Wildman–Crippen LogP) is 5.26. The second kappa shape index (κ2) is 11.9. The summed E-state index contributed by atoms with van der Waals surface area (Å²) in [7, 11) is 1.70. The van der Waals surface area contributed by atoms with E-state index in [0.29, 0.717) is 18.1 Å². The first kappa shape index (κ1) is 24.1. The smallest absolute Gasteiger partial charge is 0.248 e. The minimum Gasteiger partial charge on any atom is -0.491 e. The first-order chi connectivity index (χ1) is 15.5. The molecule has 2 N–H and O–H groups in total. The number of anilines is 1. The van der Waals surface area contributed by atoms with E-state index in [1.807, 2.05) is 36.4 Å². The molecular weight excluding hydrogens is 424 g/mol. The number of primary amides is 1. The van der Waals surface area contributed by atoms with E-state index in [1.54, 1.807) is 13.2 Å². The van der Waals surface area contributed by atoms with E-state index in [2.05, 4.69) is 17.5 Å². The Hall–Kier alpha value is -2.50. The lowest BCUT2D eigenvalue weighted by molar-refractivity contribution is 0.100. The second-order valence-electron chi connectivity index (χ2n) is 8.34. The maximum Gasteiger partial charge on any atom is 0.248 e. The molecule has 1 amide bonds. The van der Waals surface area contributed by atoms with Crippen LogP contribution in [0.1, 0.15) is 41.6 Å². The molecule has 0 saturated carbocycles. The average molecular weight is 457 g/mol. The molecule has 0 fully saturated rings. The van der Waals surface area contributed by atoms with Gasteiger partial charge in [0.1, 0.15) is 5.75 Å². The highest BCUT2D eigenvalue weighted by molar-refractivity contribution is 6.30. The first-order valence-corrected chi connectivity index (χ1v) is 11.6. The summed E-state index contributed by atoms with van der Waals surface area (Å²) in [6.45, 7) is 6.21. The highest BCUT2D eigenvalue weighted by Gasteiger charge is 2.24. The van der Waals surface area contributed by atoms with Crippen LogP contribution in [0.5, 0.6) is 5.75 Å². The molecule has 0 radical (unpaired) electrons. The van der Waals surface area contributed by atoms with Crippen LogP contribution in [0.3, 0.4) is 0 Å². The van der Waals surface area contributed by atoms with Gasteiger partial charge in [-0.3, -0.25) is 4.79 Å². The molecule has 0 aromatic heterocycles. The lowest BCUT2D eigenvalue weighted by atomic mass is 9.99. The number of ether oxygens (including phenoxy) is 2. The summed E-state index contributed by atoms with van der Waals surface area (Å²) < 4.78 is 11.6. The summed E-state index contributed by atoms with van der Waals surface area (Å²) in [5.41, 5.74) is 8.22. The second-order valence-corrected chi connectivity index (χ2v) is 8.78. The standard InChI is InChI=1S/C26H33ClN2O3/c1-3-23(31-2)11-6-14-29-17-20(9-4-7-19-8-5-10-22(27)15-19)18-32-25-13-12-21(26(28)30)16-24(25)29/h3,5,8,10,12-13,15-16,20,23H,1,4,6-7,9,11,14,17-18H2,2H3,(H2,28,30)/t20?,23-/m0/s1. The van der Waals surface area contributed by atoms with Crippen molar-refractivity contribution in [2.45, 2.75) is 38.2 Å². The van der Waals surface area contributed by atoms with Crippen molar-refractivity contribution in [3.8, 4) is 5.75 Å². The molecule has 0 aliphatic carbocycles. The van der Waals surface area contributed by atoms with E-state index in [-0.39, 0.29) is 6.10 Å². The number of nitrogens with two attached hydrogens (primary N) is 1. The van der Waals surface area contributed by atoms with Crippen LogP contribution in [0, 0.1) is 5.92 Å². The molecule has 1 aliphatic heterocycles. The molecule has 1 aliphatic rings. The number of aryl methyl sites for hydroxylation is 1. The van der Waals surface area contributed by atoms with Gasteiger partial charge in [0.25, 0.3) is 0 Å². The van der Waals surface area contributed by atoms with Crippen molar-refractivity contribution < 1.29 is 14.3 Å². The van der Waals surface area contributed by atoms with Crippen LogP contribution >= 0.6 is 11.6 Å². The van der Waals surface area contributed by atoms with Crippen LogP contribution < -0.4 is 15.4 Å². The van der Waals surface area contributed by atoms with E-state index in [0.717, 1.165) is 61.7 Å². The average Bonchev–Trinajstić information content (AvgIpc) is 2.96. The van der Waals surface area contributed by atoms with Crippen molar-refractivity contribution >= 4 is 23.2 Å². The van der Waals surface area contributed by atoms with Gasteiger partial charge in [0.05, 0.1) is 18.4 Å². The minimum absolute atomic E-state index is 0.0446. The summed E-state index contributed by atoms with van der Waals surface area (Å²) in [5, 5.41) is 0.779. The van der Waals surface area contributed by atoms with Crippen molar-refractivity contribution in [2.24, 2.45) is 11.7 Å². The van der Waals surface area contributed by atoms with Crippen molar-refractivity contribution in [3.05, 3.63) is 71.3 Å². The van der Waals surface area contributed by atoms with Crippen molar-refractivity contribution in [3.63, 3.8) is 0 Å². The van der Waals surface area contributed by atoms with Gasteiger partial charge >= 0.3 is 0 Å². The Kier molecular flexibility index (Phi) is 9.00. The topological polar surface area (TPSA) is 64.8 Å². The molecule has 2 atom stereocenters. The van der Waals surface area contributed by atoms with Gasteiger partial charge in [0, 0.05) is 36.7 Å². The van der Waals surface area contributed by atoms with Crippen molar-refractivity contribution in [1.82, 2.24) is 0 Å². The summed E-state index contributed by atoms with van der Waals surface area (Å²) in [4.78, 5) is 14.1. The molecule has 2 aromatic rings. The van der Waals surface area contributed by atoms with Gasteiger partial charge in [0.15, 0.2) is 0 Å². The van der Waals surface area contributed by atoms with E-state index in [4.69, 9.17) is 26.8 Å². The third-order valence-corrected chi connectivity index (χ3v) is 6.22. The highest BCUT2D eigenvalue weighted by Crippen LogP contribution is 2.34. The Morgan fingerprint density at radius 2 is 2.19 bits per heavy atom. The van der Waals surface area contributed by atoms with Gasteiger partial charge in [-0.05, 0) is 68.0 Å². The van der Waals surface area contributed by atoms with Gasteiger partial charge in [0.2, 0.25) is 5.91 Å². The largest absolute Gasteiger partial charge is 0.491 e. The lowest BCUT2D eigenvalue weighted by Gasteiger charge is -2.27. The third-order valence-electron chi connectivity index (χ3n) is 5.99. The fourth-order valence-corrected chi connectivity index (χ4v) is 4.41. The third kappa shape index (κ3) is 6.75. The highest BCUT2D eigenvalue weighted by atomic mass is 35.5. The number of carbonyl (C=O) groups is 1. The number of carbonyl (C=O) groups excluding carboxylic acids is 1. The maximum atomic E-state index is 11.8. The van der Waals surface area contributed by atoms with E-state index >= 15 is 0 Å². The molecule has 0 saturated heterocycles. The fourth-order valence-electron chi connectivity index (χ4n) is 4.20. The van der Waals surface area contributed by atoms with Crippen molar-refractivity contribution in [2.75, 3.05) is 31.7 Å². The predicted molar refractivity (Wildman–Crippen MR) is 131 cm³/mol. The van der Waals surface area contributed by atoms with Crippen LogP contribution in [-0.2, 0) is 11.2 Å². The Bertz CT molecular complexity index is 918. The maximum absolute atomic E-state index is 11.8. The molecule has 1 heterocycles. The molecule has 32 heavy (non-hydrogen) atoms. The molecule has 3 rings (SSSR count). The van der Waals surface area contributed by atoms with E-state index < -0.39 is 5.91 Å². The van der Waals surface area contributed by atoms with E-state index in [9.17, 15) is 4.79 Å². The summed E-state index contributed by atoms with van der Waals surface area (Å²) >= 11 is 6.12. The number of nitrogens with zero attached hydrogens (tertiary/aromatic N) is 1. The number of fused-ring (bicyclic) bond motifs is 1. The Labute approximate surface area is 196 Å². The van der Waals surface area contributed by atoms with Crippen LogP contribution in [0.15, 0.2) is 55.1 Å². The van der Waals surface area contributed by atoms with Crippen LogP contribution in [0.4, 0.5) is 5.69 Å². The molecule has 2 aromatic carbocycles. The SMILES string of the molecule is C=C[C@@H](CCCN1CC(CCCc2cccc(Cl)c2)COc2ccc(C(N)=O)cc21)OC. The van der Waals surface area contributed by atoms with Crippen LogP contribution in [0.25, 0.3) is 0 Å². The number of hydrogen-bond donors (Lipinski definition) is 1. The molecule has 5 nitrogen and oxygen atoms in total. The molecule has 172 valence electrons. The minimum atomic E-state index is -0.429. The summed E-state index contributed by atoms with van der Waals surface area (Å²) in [6.07, 6.45) is 6.82. The molecule has 0 bridgehead atoms. The number of rotatable bonds is 11. The normalized spacial score (nSPS) is 16.6. The molecule has 1 unspecified atom stereocenters. The number of benzene rings is 2. The monoisotopic (exact) mass is 456 g/mol. The summed E-state index contributed by atoms with van der Waals surface area (Å²) in [5.74, 6) is 0.761. The zero-order chi connectivity index (χ0) is 22.9. The Morgan fingerprint density at radius 3 is 2.91 bits per heavy atom. The van der Waals surface area contributed by atoms with Gasteiger partial charge < -0.3 is 20.1 Å². The lowest BCUT2D eigenvalue weighted by Crippen LogP contribution is -2.31. The number of halogens is 1. The molecule has 0 spiro atoms. The van der Waals surface area contributed by atoms with Crippen LogP contribution in [-0.4, -0.2) is 38.8 Å².